The number of rotatable bonds is 4. The molecule has 0 aromatic heterocycles. The smallest absolute Gasteiger partial charge is 0.241 e. The Morgan fingerprint density at radius 1 is 1.22 bits per heavy atom. The van der Waals surface area contributed by atoms with Crippen LogP contribution in [0.25, 0.3) is 0 Å². The Morgan fingerprint density at radius 3 is 2.78 bits per heavy atom. The summed E-state index contributed by atoms with van der Waals surface area (Å²) in [6, 6.07) is 10.9. The number of aryl methyl sites for hydroxylation is 1. The molecule has 0 fully saturated rings. The van der Waals surface area contributed by atoms with Crippen LogP contribution in [0.4, 0.5) is 14.5 Å². The van der Waals surface area contributed by atoms with Crippen molar-refractivity contribution in [2.24, 2.45) is 0 Å². The van der Waals surface area contributed by atoms with Crippen LogP contribution in [0.15, 0.2) is 42.5 Å². The second-order valence-electron chi connectivity index (χ2n) is 5.79. The highest BCUT2D eigenvalue weighted by molar-refractivity contribution is 5.94. The van der Waals surface area contributed by atoms with E-state index in [9.17, 15) is 13.6 Å². The van der Waals surface area contributed by atoms with Gasteiger partial charge in [-0.25, -0.2) is 8.78 Å². The molecule has 0 unspecified atom stereocenters. The molecule has 1 aliphatic carbocycles. The Kier molecular flexibility index (Phi) is 4.39. The average Bonchev–Trinajstić information content (AvgIpc) is 2.93. The van der Waals surface area contributed by atoms with E-state index < -0.39 is 17.7 Å². The van der Waals surface area contributed by atoms with E-state index in [2.05, 4.69) is 22.8 Å². The normalized spacial score (nSPS) is 17.6. The van der Waals surface area contributed by atoms with E-state index in [-0.39, 0.29) is 17.6 Å². The first-order valence-electron chi connectivity index (χ1n) is 7.64. The summed E-state index contributed by atoms with van der Waals surface area (Å²) >= 11 is 0. The van der Waals surface area contributed by atoms with Crippen molar-refractivity contribution in [1.82, 2.24) is 5.32 Å². The molecule has 0 heterocycles. The zero-order valence-electron chi connectivity index (χ0n) is 12.8. The molecule has 2 aromatic rings. The van der Waals surface area contributed by atoms with E-state index in [1.807, 2.05) is 12.1 Å². The van der Waals surface area contributed by atoms with Gasteiger partial charge in [-0.2, -0.15) is 0 Å². The van der Waals surface area contributed by atoms with Crippen molar-refractivity contribution >= 4 is 11.6 Å². The second kappa shape index (κ2) is 6.46. The van der Waals surface area contributed by atoms with Gasteiger partial charge in [0.25, 0.3) is 0 Å². The van der Waals surface area contributed by atoms with Gasteiger partial charge in [0.05, 0.1) is 11.7 Å². The average molecular weight is 316 g/mol. The molecule has 120 valence electrons. The fraction of sp³-hybridized carbons (Fsp3) is 0.278. The first kappa shape index (κ1) is 15.6. The topological polar surface area (TPSA) is 41.1 Å². The summed E-state index contributed by atoms with van der Waals surface area (Å²) in [6.07, 6.45) is 1.91. The van der Waals surface area contributed by atoms with Crippen molar-refractivity contribution in [2.45, 2.75) is 31.8 Å². The Morgan fingerprint density at radius 2 is 2.00 bits per heavy atom. The highest BCUT2D eigenvalue weighted by Gasteiger charge is 2.25. The molecule has 0 saturated heterocycles. The number of carbonyl (C=O) groups excluding carboxylic acids is 1. The molecule has 5 heteroatoms. The van der Waals surface area contributed by atoms with Crippen molar-refractivity contribution in [3.05, 3.63) is 65.2 Å². The van der Waals surface area contributed by atoms with E-state index in [4.69, 9.17) is 0 Å². The predicted octanol–water partition coefficient (Wildman–Crippen LogP) is 3.57. The SMILES string of the molecule is C[C@@H](N[C@H]1CCc2ccccc21)C(=O)Nc1ccc(F)cc1F. The summed E-state index contributed by atoms with van der Waals surface area (Å²) in [5.41, 5.74) is 2.49. The lowest BCUT2D eigenvalue weighted by atomic mass is 10.1. The van der Waals surface area contributed by atoms with Crippen LogP contribution >= 0.6 is 0 Å². The van der Waals surface area contributed by atoms with Gasteiger partial charge in [-0.3, -0.25) is 10.1 Å². The van der Waals surface area contributed by atoms with Crippen molar-refractivity contribution in [3.63, 3.8) is 0 Å². The molecule has 0 saturated carbocycles. The van der Waals surface area contributed by atoms with Gasteiger partial charge in [0.15, 0.2) is 0 Å². The van der Waals surface area contributed by atoms with E-state index in [1.165, 1.54) is 17.2 Å². The van der Waals surface area contributed by atoms with E-state index in [0.29, 0.717) is 0 Å². The Balaban J connectivity index is 1.64. The molecule has 0 radical (unpaired) electrons. The molecular formula is C18H18F2N2O. The summed E-state index contributed by atoms with van der Waals surface area (Å²) in [4.78, 5) is 12.2. The number of anilines is 1. The first-order chi connectivity index (χ1) is 11.0. The van der Waals surface area contributed by atoms with Crippen molar-refractivity contribution in [2.75, 3.05) is 5.32 Å². The maximum absolute atomic E-state index is 13.6. The van der Waals surface area contributed by atoms with E-state index >= 15 is 0 Å². The maximum atomic E-state index is 13.6. The third kappa shape index (κ3) is 3.40. The summed E-state index contributed by atoms with van der Waals surface area (Å²) in [7, 11) is 0. The van der Waals surface area contributed by atoms with Gasteiger partial charge in [-0.05, 0) is 43.0 Å². The van der Waals surface area contributed by atoms with Gasteiger partial charge in [0.1, 0.15) is 11.6 Å². The standard InChI is InChI=1S/C18H18F2N2O/c1-11(18(23)22-17-9-7-13(19)10-15(17)20)21-16-8-6-12-4-2-3-5-14(12)16/h2-5,7,9-11,16,21H,6,8H2,1H3,(H,22,23)/t11-,16+/m1/s1. The van der Waals surface area contributed by atoms with Gasteiger partial charge in [-0.1, -0.05) is 24.3 Å². The summed E-state index contributed by atoms with van der Waals surface area (Å²) < 4.78 is 26.5. The molecule has 0 spiro atoms. The fourth-order valence-corrected chi connectivity index (χ4v) is 2.94. The third-order valence-electron chi connectivity index (χ3n) is 4.17. The quantitative estimate of drug-likeness (QED) is 0.905. The van der Waals surface area contributed by atoms with Crippen LogP contribution in [0, 0.1) is 11.6 Å². The predicted molar refractivity (Wildman–Crippen MR) is 85.1 cm³/mol. The number of nitrogens with one attached hydrogen (secondary N) is 2. The first-order valence-corrected chi connectivity index (χ1v) is 7.64. The molecule has 1 aliphatic rings. The van der Waals surface area contributed by atoms with Crippen molar-refractivity contribution < 1.29 is 13.6 Å². The van der Waals surface area contributed by atoms with Gasteiger partial charge in [0, 0.05) is 12.1 Å². The largest absolute Gasteiger partial charge is 0.322 e. The van der Waals surface area contributed by atoms with Crippen LogP contribution in [-0.2, 0) is 11.2 Å². The van der Waals surface area contributed by atoms with Crippen LogP contribution in [0.2, 0.25) is 0 Å². The highest BCUT2D eigenvalue weighted by atomic mass is 19.1. The third-order valence-corrected chi connectivity index (χ3v) is 4.17. The molecule has 2 atom stereocenters. The zero-order valence-corrected chi connectivity index (χ0v) is 12.8. The number of fused-ring (bicyclic) bond motifs is 1. The molecule has 3 rings (SSSR count). The molecule has 2 aromatic carbocycles. The van der Waals surface area contributed by atoms with Gasteiger partial charge < -0.3 is 5.32 Å². The molecule has 3 nitrogen and oxygen atoms in total. The number of amides is 1. The van der Waals surface area contributed by atoms with Crippen molar-refractivity contribution in [3.8, 4) is 0 Å². The Hall–Kier alpha value is -2.27. The molecule has 1 amide bonds. The summed E-state index contributed by atoms with van der Waals surface area (Å²) in [5.74, 6) is -1.80. The Bertz CT molecular complexity index is 733. The number of benzene rings is 2. The molecule has 2 N–H and O–H groups in total. The van der Waals surface area contributed by atoms with Crippen LogP contribution in [0.1, 0.15) is 30.5 Å². The number of carbonyl (C=O) groups is 1. The molecule has 0 bridgehead atoms. The minimum atomic E-state index is -0.781. The van der Waals surface area contributed by atoms with Crippen LogP contribution in [0.3, 0.4) is 0 Å². The maximum Gasteiger partial charge on any atom is 0.241 e. The lowest BCUT2D eigenvalue weighted by molar-refractivity contribution is -0.118. The lowest BCUT2D eigenvalue weighted by Gasteiger charge is -2.20. The van der Waals surface area contributed by atoms with Crippen LogP contribution in [0.5, 0.6) is 0 Å². The zero-order chi connectivity index (χ0) is 16.4. The van der Waals surface area contributed by atoms with Gasteiger partial charge in [0.2, 0.25) is 5.91 Å². The monoisotopic (exact) mass is 316 g/mol. The second-order valence-corrected chi connectivity index (χ2v) is 5.79. The van der Waals surface area contributed by atoms with Gasteiger partial charge >= 0.3 is 0 Å². The molecule has 23 heavy (non-hydrogen) atoms. The summed E-state index contributed by atoms with van der Waals surface area (Å²) in [6.45, 7) is 1.73. The van der Waals surface area contributed by atoms with Crippen LogP contribution < -0.4 is 10.6 Å². The minimum Gasteiger partial charge on any atom is -0.322 e. The number of hydrogen-bond acceptors (Lipinski definition) is 2. The highest BCUT2D eigenvalue weighted by Crippen LogP contribution is 2.31. The minimum absolute atomic E-state index is 0.0168. The van der Waals surface area contributed by atoms with Crippen molar-refractivity contribution in [1.29, 1.82) is 0 Å². The van der Waals surface area contributed by atoms with Gasteiger partial charge in [-0.15, -0.1) is 0 Å². The summed E-state index contributed by atoms with van der Waals surface area (Å²) in [5, 5.41) is 5.77. The molecule has 0 aliphatic heterocycles. The number of halogens is 2. The fourth-order valence-electron chi connectivity index (χ4n) is 2.94. The number of hydrogen-bond donors (Lipinski definition) is 2. The molecular weight excluding hydrogens is 298 g/mol. The lowest BCUT2D eigenvalue weighted by Crippen LogP contribution is -2.39. The Labute approximate surface area is 133 Å². The van der Waals surface area contributed by atoms with Crippen LogP contribution in [-0.4, -0.2) is 11.9 Å². The van der Waals surface area contributed by atoms with E-state index in [0.717, 1.165) is 25.0 Å². The van der Waals surface area contributed by atoms with E-state index in [1.54, 1.807) is 6.92 Å².